The first kappa shape index (κ1) is 24.3. The zero-order valence-electron chi connectivity index (χ0n) is 19.2. The topological polar surface area (TPSA) is 57.2 Å². The van der Waals surface area contributed by atoms with E-state index in [1.807, 2.05) is 91.0 Å². The fourth-order valence-electron chi connectivity index (χ4n) is 4.09. The molecular weight excluding hydrogens is 428 g/mol. The molecule has 1 N–H and O–H groups in total. The molecule has 0 saturated carbocycles. The summed E-state index contributed by atoms with van der Waals surface area (Å²) >= 11 is 0. The second-order valence-corrected chi connectivity index (χ2v) is 8.39. The van der Waals surface area contributed by atoms with Crippen molar-refractivity contribution in [2.75, 3.05) is 6.61 Å². The van der Waals surface area contributed by atoms with Gasteiger partial charge in [0.05, 0.1) is 26.4 Å². The lowest BCUT2D eigenvalue weighted by Crippen LogP contribution is -2.43. The van der Waals surface area contributed by atoms with Crippen molar-refractivity contribution >= 4 is 0 Å². The molecule has 5 heteroatoms. The lowest BCUT2D eigenvalue weighted by atomic mass is 10.0. The molecule has 5 atom stereocenters. The number of aliphatic hydroxyl groups excluding tert-OH is 1. The Morgan fingerprint density at radius 3 is 1.71 bits per heavy atom. The Bertz CT molecular complexity index is 979. The van der Waals surface area contributed by atoms with E-state index in [2.05, 4.69) is 6.58 Å². The van der Waals surface area contributed by atoms with Crippen LogP contribution in [0.4, 0.5) is 0 Å². The fraction of sp³-hybridized carbons (Fsp3) is 0.310. The van der Waals surface area contributed by atoms with Crippen LogP contribution in [0.3, 0.4) is 0 Å². The van der Waals surface area contributed by atoms with Crippen molar-refractivity contribution in [3.05, 3.63) is 120 Å². The Hall–Kier alpha value is -2.80. The molecule has 0 aromatic heterocycles. The summed E-state index contributed by atoms with van der Waals surface area (Å²) in [6.07, 6.45) is -1.07. The Kier molecular flexibility index (Phi) is 9.02. The van der Waals surface area contributed by atoms with Crippen LogP contribution in [0.5, 0.6) is 0 Å². The second kappa shape index (κ2) is 12.6. The van der Waals surface area contributed by atoms with Crippen LogP contribution in [0.2, 0.25) is 0 Å². The summed E-state index contributed by atoms with van der Waals surface area (Å²) in [5.74, 6) is 0. The SMILES string of the molecule is C=C[C@H]1O[C@H]([C@H](O)COCc2ccccc2)[C@H](OCc2ccccc2)[C@H]1OCc1ccccc1. The van der Waals surface area contributed by atoms with Crippen molar-refractivity contribution in [2.45, 2.75) is 50.3 Å². The molecule has 1 heterocycles. The number of hydrogen-bond donors (Lipinski definition) is 1. The normalized spacial score (nSPS) is 23.0. The first-order chi connectivity index (χ1) is 16.7. The molecule has 3 aromatic carbocycles. The van der Waals surface area contributed by atoms with E-state index in [0.29, 0.717) is 19.8 Å². The number of aliphatic hydroxyl groups is 1. The van der Waals surface area contributed by atoms with Crippen LogP contribution in [0.1, 0.15) is 16.7 Å². The highest BCUT2D eigenvalue weighted by Gasteiger charge is 2.48. The number of hydrogen-bond acceptors (Lipinski definition) is 5. The van der Waals surface area contributed by atoms with E-state index in [9.17, 15) is 5.11 Å². The van der Waals surface area contributed by atoms with Crippen molar-refractivity contribution in [1.82, 2.24) is 0 Å². The Morgan fingerprint density at radius 1 is 0.735 bits per heavy atom. The summed E-state index contributed by atoms with van der Waals surface area (Å²) in [4.78, 5) is 0. The maximum absolute atomic E-state index is 11.0. The van der Waals surface area contributed by atoms with Gasteiger partial charge in [-0.2, -0.15) is 0 Å². The van der Waals surface area contributed by atoms with Crippen LogP contribution >= 0.6 is 0 Å². The summed E-state index contributed by atoms with van der Waals surface area (Å²) in [7, 11) is 0. The third kappa shape index (κ3) is 6.63. The molecule has 1 fully saturated rings. The summed E-state index contributed by atoms with van der Waals surface area (Å²) in [6, 6.07) is 29.8. The highest BCUT2D eigenvalue weighted by atomic mass is 16.6. The predicted octanol–water partition coefficient (Wildman–Crippen LogP) is 4.69. The van der Waals surface area contributed by atoms with Gasteiger partial charge in [-0.15, -0.1) is 6.58 Å². The van der Waals surface area contributed by atoms with Crippen LogP contribution in [-0.2, 0) is 38.8 Å². The van der Waals surface area contributed by atoms with Crippen LogP contribution in [-0.4, -0.2) is 42.2 Å². The van der Waals surface area contributed by atoms with E-state index in [-0.39, 0.29) is 6.61 Å². The molecular formula is C29H32O5. The van der Waals surface area contributed by atoms with Gasteiger partial charge in [-0.05, 0) is 16.7 Å². The molecule has 1 aliphatic rings. The molecule has 0 amide bonds. The lowest BCUT2D eigenvalue weighted by Gasteiger charge is -2.27. The first-order valence-corrected chi connectivity index (χ1v) is 11.6. The zero-order valence-corrected chi connectivity index (χ0v) is 19.2. The van der Waals surface area contributed by atoms with Crippen molar-refractivity contribution < 1.29 is 24.1 Å². The molecule has 0 bridgehead atoms. The summed E-state index contributed by atoms with van der Waals surface area (Å²) in [5.41, 5.74) is 3.15. The molecule has 3 aromatic rings. The Labute approximate surface area is 201 Å². The van der Waals surface area contributed by atoms with Gasteiger partial charge in [-0.25, -0.2) is 0 Å². The Balaban J connectivity index is 1.43. The van der Waals surface area contributed by atoms with Gasteiger partial charge in [-0.1, -0.05) is 97.1 Å². The van der Waals surface area contributed by atoms with E-state index in [1.165, 1.54) is 0 Å². The minimum atomic E-state index is -0.878. The molecule has 1 aliphatic heterocycles. The average Bonchev–Trinajstić information content (AvgIpc) is 3.25. The van der Waals surface area contributed by atoms with Gasteiger partial charge in [0.2, 0.25) is 0 Å². The molecule has 178 valence electrons. The summed E-state index contributed by atoms with van der Waals surface area (Å²) in [5, 5.41) is 11.0. The molecule has 0 spiro atoms. The number of ether oxygens (including phenoxy) is 4. The second-order valence-electron chi connectivity index (χ2n) is 8.39. The van der Waals surface area contributed by atoms with Gasteiger partial charge in [-0.3, -0.25) is 0 Å². The van der Waals surface area contributed by atoms with E-state index in [4.69, 9.17) is 18.9 Å². The van der Waals surface area contributed by atoms with E-state index in [0.717, 1.165) is 16.7 Å². The average molecular weight is 461 g/mol. The molecule has 34 heavy (non-hydrogen) atoms. The van der Waals surface area contributed by atoms with Gasteiger partial charge in [0, 0.05) is 0 Å². The highest BCUT2D eigenvalue weighted by Crippen LogP contribution is 2.31. The van der Waals surface area contributed by atoms with Crippen LogP contribution < -0.4 is 0 Å². The first-order valence-electron chi connectivity index (χ1n) is 11.6. The molecule has 0 radical (unpaired) electrons. The van der Waals surface area contributed by atoms with E-state index < -0.39 is 30.5 Å². The van der Waals surface area contributed by atoms with Gasteiger partial charge < -0.3 is 24.1 Å². The van der Waals surface area contributed by atoms with E-state index in [1.54, 1.807) is 6.08 Å². The van der Waals surface area contributed by atoms with Crippen LogP contribution in [0.15, 0.2) is 104 Å². The minimum Gasteiger partial charge on any atom is -0.388 e. The van der Waals surface area contributed by atoms with Crippen molar-refractivity contribution in [3.63, 3.8) is 0 Å². The van der Waals surface area contributed by atoms with Gasteiger partial charge >= 0.3 is 0 Å². The maximum atomic E-state index is 11.0. The molecule has 0 aliphatic carbocycles. The molecule has 0 unspecified atom stereocenters. The van der Waals surface area contributed by atoms with E-state index >= 15 is 0 Å². The van der Waals surface area contributed by atoms with Crippen molar-refractivity contribution in [2.24, 2.45) is 0 Å². The quantitative estimate of drug-likeness (QED) is 0.398. The monoisotopic (exact) mass is 460 g/mol. The van der Waals surface area contributed by atoms with Gasteiger partial charge in [0.15, 0.2) is 0 Å². The standard InChI is InChI=1S/C29H32O5/c1-2-26-28(32-19-23-14-8-4-9-15-23)29(33-20-24-16-10-5-11-17-24)27(34-26)25(30)21-31-18-22-12-6-3-7-13-22/h2-17,25-30H,1,18-21H2/t25-,26-,27-,28+,29+/m1/s1. The zero-order chi connectivity index (χ0) is 23.6. The maximum Gasteiger partial charge on any atom is 0.116 e. The molecule has 4 rings (SSSR count). The molecule has 1 saturated heterocycles. The predicted molar refractivity (Wildman–Crippen MR) is 131 cm³/mol. The van der Waals surface area contributed by atoms with Crippen LogP contribution in [0, 0.1) is 0 Å². The largest absolute Gasteiger partial charge is 0.388 e. The van der Waals surface area contributed by atoms with Crippen molar-refractivity contribution in [1.29, 1.82) is 0 Å². The minimum absolute atomic E-state index is 0.125. The number of rotatable bonds is 12. The van der Waals surface area contributed by atoms with Crippen LogP contribution in [0.25, 0.3) is 0 Å². The van der Waals surface area contributed by atoms with Crippen molar-refractivity contribution in [3.8, 4) is 0 Å². The summed E-state index contributed by atoms with van der Waals surface area (Å²) in [6.45, 7) is 5.26. The third-order valence-electron chi connectivity index (χ3n) is 5.87. The van der Waals surface area contributed by atoms with Gasteiger partial charge in [0.1, 0.15) is 30.5 Å². The van der Waals surface area contributed by atoms with Gasteiger partial charge in [0.25, 0.3) is 0 Å². The highest BCUT2D eigenvalue weighted by molar-refractivity contribution is 5.16. The number of benzene rings is 3. The summed E-state index contributed by atoms with van der Waals surface area (Å²) < 4.78 is 24.5. The Morgan fingerprint density at radius 2 is 1.21 bits per heavy atom. The smallest absolute Gasteiger partial charge is 0.116 e. The lowest BCUT2D eigenvalue weighted by molar-refractivity contribution is -0.115. The molecule has 5 nitrogen and oxygen atoms in total. The third-order valence-corrected chi connectivity index (χ3v) is 5.87. The fourth-order valence-corrected chi connectivity index (χ4v) is 4.09.